The highest BCUT2D eigenvalue weighted by atomic mass is 35.5. The largest absolute Gasteiger partial charge is 0.207 e. The normalized spacial score (nSPS) is 19.8. The Hall–Kier alpha value is -1.86. The van der Waals surface area contributed by atoms with Crippen molar-refractivity contribution < 1.29 is 4.39 Å². The molecule has 3 aromatic carbocycles. The summed E-state index contributed by atoms with van der Waals surface area (Å²) in [7, 11) is 0. The first kappa shape index (κ1) is 16.6. The molecule has 0 saturated carbocycles. The summed E-state index contributed by atoms with van der Waals surface area (Å²) in [6.07, 6.45) is 4.59. The molecule has 0 radical (unpaired) electrons. The molecule has 0 N–H and O–H groups in total. The van der Waals surface area contributed by atoms with Gasteiger partial charge in [0.2, 0.25) is 0 Å². The van der Waals surface area contributed by atoms with Gasteiger partial charge in [-0.2, -0.15) is 0 Å². The van der Waals surface area contributed by atoms with Gasteiger partial charge in [0.05, 0.1) is 0 Å². The minimum Gasteiger partial charge on any atom is -0.207 e. The average Bonchev–Trinajstić information content (AvgIpc) is 2.62. The van der Waals surface area contributed by atoms with E-state index in [-0.39, 0.29) is 5.82 Å². The number of aryl methyl sites for hydroxylation is 1. The predicted octanol–water partition coefficient (Wildman–Crippen LogP) is 7.13. The van der Waals surface area contributed by atoms with Gasteiger partial charge in [-0.1, -0.05) is 55.3 Å². The van der Waals surface area contributed by atoms with E-state index in [1.54, 1.807) is 12.1 Å². The van der Waals surface area contributed by atoms with Crippen molar-refractivity contribution in [2.75, 3.05) is 0 Å². The van der Waals surface area contributed by atoms with Gasteiger partial charge in [0.25, 0.3) is 0 Å². The molecule has 2 unspecified atom stereocenters. The van der Waals surface area contributed by atoms with Crippen LogP contribution in [-0.4, -0.2) is 0 Å². The van der Waals surface area contributed by atoms with E-state index in [9.17, 15) is 4.39 Å². The summed E-state index contributed by atoms with van der Waals surface area (Å²) >= 11 is 6.10. The van der Waals surface area contributed by atoms with Gasteiger partial charge in [-0.25, -0.2) is 4.39 Å². The SMILES string of the molecule is CCCC1CCc2c(ccc3ccc(F)cc23)C1c1ccc(Cl)cc1. The number of hydrogen-bond donors (Lipinski definition) is 0. The topological polar surface area (TPSA) is 0 Å². The van der Waals surface area contributed by atoms with Crippen molar-refractivity contribution >= 4 is 22.4 Å². The maximum atomic E-state index is 13.9. The van der Waals surface area contributed by atoms with Crippen molar-refractivity contribution in [3.05, 3.63) is 82.1 Å². The quantitative estimate of drug-likeness (QED) is 0.470. The second kappa shape index (κ2) is 6.80. The molecule has 4 rings (SSSR count). The summed E-state index contributed by atoms with van der Waals surface area (Å²) in [5, 5.41) is 2.97. The van der Waals surface area contributed by atoms with Crippen molar-refractivity contribution in [2.24, 2.45) is 5.92 Å². The molecule has 1 aliphatic rings. The highest BCUT2D eigenvalue weighted by Crippen LogP contribution is 2.45. The van der Waals surface area contributed by atoms with Gasteiger partial charge >= 0.3 is 0 Å². The Labute approximate surface area is 153 Å². The summed E-state index contributed by atoms with van der Waals surface area (Å²) < 4.78 is 13.9. The maximum absolute atomic E-state index is 13.9. The first-order valence-electron chi connectivity index (χ1n) is 9.14. The van der Waals surface area contributed by atoms with Crippen LogP contribution < -0.4 is 0 Å². The Morgan fingerprint density at radius 1 is 1.04 bits per heavy atom. The van der Waals surface area contributed by atoms with Gasteiger partial charge in [-0.3, -0.25) is 0 Å². The van der Waals surface area contributed by atoms with E-state index in [2.05, 4.69) is 31.2 Å². The molecule has 0 aliphatic heterocycles. The molecule has 0 heterocycles. The number of halogens is 2. The molecule has 128 valence electrons. The van der Waals surface area contributed by atoms with Crippen LogP contribution in [-0.2, 0) is 6.42 Å². The number of hydrogen-bond acceptors (Lipinski definition) is 0. The van der Waals surface area contributed by atoms with E-state index in [1.807, 2.05) is 18.2 Å². The number of benzene rings is 3. The van der Waals surface area contributed by atoms with E-state index >= 15 is 0 Å². The van der Waals surface area contributed by atoms with Crippen molar-refractivity contribution in [1.82, 2.24) is 0 Å². The molecule has 2 heteroatoms. The summed E-state index contributed by atoms with van der Waals surface area (Å²) in [5.41, 5.74) is 4.01. The van der Waals surface area contributed by atoms with E-state index in [4.69, 9.17) is 11.6 Å². The van der Waals surface area contributed by atoms with Crippen LogP contribution >= 0.6 is 11.6 Å². The summed E-state index contributed by atoms with van der Waals surface area (Å²) in [4.78, 5) is 0. The first-order chi connectivity index (χ1) is 12.2. The van der Waals surface area contributed by atoms with Crippen LogP contribution in [0.25, 0.3) is 10.8 Å². The van der Waals surface area contributed by atoms with Gasteiger partial charge in [-0.05, 0) is 76.9 Å². The monoisotopic (exact) mass is 352 g/mol. The van der Waals surface area contributed by atoms with Crippen LogP contribution in [0.15, 0.2) is 54.6 Å². The molecule has 0 amide bonds. The zero-order chi connectivity index (χ0) is 17.4. The Morgan fingerprint density at radius 2 is 1.80 bits per heavy atom. The second-order valence-corrected chi connectivity index (χ2v) is 7.55. The lowest BCUT2D eigenvalue weighted by molar-refractivity contribution is 0.380. The zero-order valence-electron chi connectivity index (χ0n) is 14.4. The zero-order valence-corrected chi connectivity index (χ0v) is 15.2. The minimum atomic E-state index is -0.153. The maximum Gasteiger partial charge on any atom is 0.123 e. The molecular formula is C23H22ClF. The molecule has 0 fully saturated rings. The summed E-state index contributed by atoms with van der Waals surface area (Å²) in [6.45, 7) is 2.25. The number of fused-ring (bicyclic) bond motifs is 3. The third-order valence-electron chi connectivity index (χ3n) is 5.59. The molecule has 2 atom stereocenters. The van der Waals surface area contributed by atoms with E-state index in [0.717, 1.165) is 28.6 Å². The van der Waals surface area contributed by atoms with Gasteiger partial charge in [0, 0.05) is 10.9 Å². The Bertz CT molecular complexity index is 898. The first-order valence-corrected chi connectivity index (χ1v) is 9.51. The Morgan fingerprint density at radius 3 is 2.56 bits per heavy atom. The minimum absolute atomic E-state index is 0.153. The lowest BCUT2D eigenvalue weighted by atomic mass is 9.69. The van der Waals surface area contributed by atoms with Crippen LogP contribution in [0.1, 0.15) is 48.8 Å². The summed E-state index contributed by atoms with van der Waals surface area (Å²) in [5.74, 6) is 0.845. The van der Waals surface area contributed by atoms with Gasteiger partial charge in [-0.15, -0.1) is 0 Å². The van der Waals surface area contributed by atoms with Crippen LogP contribution in [0, 0.1) is 11.7 Å². The van der Waals surface area contributed by atoms with Crippen LogP contribution in [0.2, 0.25) is 5.02 Å². The predicted molar refractivity (Wildman–Crippen MR) is 104 cm³/mol. The van der Waals surface area contributed by atoms with Gasteiger partial charge < -0.3 is 0 Å². The second-order valence-electron chi connectivity index (χ2n) is 7.12. The molecule has 3 aromatic rings. The molecule has 0 aromatic heterocycles. The van der Waals surface area contributed by atoms with Gasteiger partial charge in [0.1, 0.15) is 5.82 Å². The van der Waals surface area contributed by atoms with Crippen molar-refractivity contribution in [1.29, 1.82) is 0 Å². The van der Waals surface area contributed by atoms with E-state index in [1.165, 1.54) is 29.5 Å². The van der Waals surface area contributed by atoms with Crippen molar-refractivity contribution in [2.45, 2.75) is 38.5 Å². The molecule has 25 heavy (non-hydrogen) atoms. The van der Waals surface area contributed by atoms with E-state index in [0.29, 0.717) is 11.8 Å². The average molecular weight is 353 g/mol. The number of rotatable bonds is 3. The molecule has 1 aliphatic carbocycles. The lowest BCUT2D eigenvalue weighted by Gasteiger charge is -2.35. The highest BCUT2D eigenvalue weighted by Gasteiger charge is 2.31. The third kappa shape index (κ3) is 3.06. The highest BCUT2D eigenvalue weighted by molar-refractivity contribution is 6.30. The lowest BCUT2D eigenvalue weighted by Crippen LogP contribution is -2.22. The fourth-order valence-corrected chi connectivity index (χ4v) is 4.62. The molecule has 0 nitrogen and oxygen atoms in total. The third-order valence-corrected chi connectivity index (χ3v) is 5.84. The Balaban J connectivity index is 1.90. The fraction of sp³-hybridized carbons (Fsp3) is 0.304. The van der Waals surface area contributed by atoms with Crippen LogP contribution in [0.4, 0.5) is 4.39 Å². The standard InChI is InChI=1S/C23H22ClF/c1-2-3-16-8-12-20-21(23(16)17-4-9-18(24)10-5-17)13-7-15-6-11-19(25)14-22(15)20/h4-7,9-11,13-14,16,23H,2-3,8,12H2,1H3. The van der Waals surface area contributed by atoms with Crippen LogP contribution in [0.3, 0.4) is 0 Å². The van der Waals surface area contributed by atoms with Crippen LogP contribution in [0.5, 0.6) is 0 Å². The summed E-state index contributed by atoms with van der Waals surface area (Å²) in [6, 6.07) is 17.8. The molecular weight excluding hydrogens is 331 g/mol. The van der Waals surface area contributed by atoms with Crippen molar-refractivity contribution in [3.63, 3.8) is 0 Å². The Kier molecular flexibility index (Phi) is 4.52. The fourth-order valence-electron chi connectivity index (χ4n) is 4.50. The molecule has 0 saturated heterocycles. The van der Waals surface area contributed by atoms with Crippen molar-refractivity contribution in [3.8, 4) is 0 Å². The van der Waals surface area contributed by atoms with E-state index < -0.39 is 0 Å². The molecule has 0 bridgehead atoms. The smallest absolute Gasteiger partial charge is 0.123 e. The van der Waals surface area contributed by atoms with Gasteiger partial charge in [0.15, 0.2) is 0 Å². The molecule has 0 spiro atoms.